The zero-order valence-corrected chi connectivity index (χ0v) is 12.9. The van der Waals surface area contributed by atoms with Gasteiger partial charge in [-0.25, -0.2) is 0 Å². The van der Waals surface area contributed by atoms with E-state index in [-0.39, 0.29) is 0 Å². The van der Waals surface area contributed by atoms with E-state index in [0.29, 0.717) is 11.4 Å². The van der Waals surface area contributed by atoms with Gasteiger partial charge in [0, 0.05) is 11.4 Å². The Morgan fingerprint density at radius 2 is 1.32 bits per heavy atom. The number of hydrogen-bond acceptors (Lipinski definition) is 1. The molecule has 0 radical (unpaired) electrons. The maximum atomic E-state index is 11.5. The standard InChI is InChI=1S/C20H17ClO/c21-19-13-7-12-18(14-19)20(22,17-10-5-2-6-11-17)15-16-8-3-1-4-9-16/h1-14,22H,15H2. The molecule has 0 saturated carbocycles. The normalized spacial score (nSPS) is 13.5. The van der Waals surface area contributed by atoms with Crippen molar-refractivity contribution in [3.63, 3.8) is 0 Å². The summed E-state index contributed by atoms with van der Waals surface area (Å²) in [6.45, 7) is 0. The average Bonchev–Trinajstić information content (AvgIpc) is 2.56. The zero-order chi connectivity index (χ0) is 15.4. The van der Waals surface area contributed by atoms with E-state index in [1.807, 2.05) is 84.9 Å². The van der Waals surface area contributed by atoms with Crippen LogP contribution < -0.4 is 0 Å². The molecule has 110 valence electrons. The topological polar surface area (TPSA) is 20.2 Å². The summed E-state index contributed by atoms with van der Waals surface area (Å²) in [4.78, 5) is 0. The summed E-state index contributed by atoms with van der Waals surface area (Å²) >= 11 is 6.13. The van der Waals surface area contributed by atoms with Gasteiger partial charge in [-0.15, -0.1) is 0 Å². The average molecular weight is 309 g/mol. The number of rotatable bonds is 4. The third-order valence-electron chi connectivity index (χ3n) is 3.86. The monoisotopic (exact) mass is 308 g/mol. The quantitative estimate of drug-likeness (QED) is 0.732. The summed E-state index contributed by atoms with van der Waals surface area (Å²) < 4.78 is 0. The molecule has 1 N–H and O–H groups in total. The highest BCUT2D eigenvalue weighted by atomic mass is 35.5. The first-order chi connectivity index (χ1) is 10.7. The van der Waals surface area contributed by atoms with Gasteiger partial charge in [0.25, 0.3) is 0 Å². The highest BCUT2D eigenvalue weighted by Crippen LogP contribution is 2.34. The lowest BCUT2D eigenvalue weighted by Gasteiger charge is -2.30. The van der Waals surface area contributed by atoms with Gasteiger partial charge in [-0.2, -0.15) is 0 Å². The highest BCUT2D eigenvalue weighted by Gasteiger charge is 2.31. The third kappa shape index (κ3) is 3.06. The molecule has 1 nitrogen and oxygen atoms in total. The number of aliphatic hydroxyl groups is 1. The van der Waals surface area contributed by atoms with Crippen LogP contribution in [0.5, 0.6) is 0 Å². The number of hydrogen-bond donors (Lipinski definition) is 1. The maximum absolute atomic E-state index is 11.5. The molecule has 0 heterocycles. The Morgan fingerprint density at radius 1 is 0.727 bits per heavy atom. The Balaban J connectivity index is 2.10. The van der Waals surface area contributed by atoms with Crippen molar-refractivity contribution < 1.29 is 5.11 Å². The Morgan fingerprint density at radius 3 is 1.95 bits per heavy atom. The molecule has 3 rings (SSSR count). The van der Waals surface area contributed by atoms with E-state index >= 15 is 0 Å². The molecule has 2 heteroatoms. The van der Waals surface area contributed by atoms with Gasteiger partial charge >= 0.3 is 0 Å². The van der Waals surface area contributed by atoms with Crippen LogP contribution in [0.3, 0.4) is 0 Å². The summed E-state index contributed by atoms with van der Waals surface area (Å²) in [5, 5.41) is 12.1. The minimum atomic E-state index is -1.10. The number of benzene rings is 3. The van der Waals surface area contributed by atoms with Crippen molar-refractivity contribution >= 4 is 11.6 Å². The minimum Gasteiger partial charge on any atom is -0.380 e. The number of halogens is 1. The van der Waals surface area contributed by atoms with Crippen LogP contribution in [-0.4, -0.2) is 5.11 Å². The van der Waals surface area contributed by atoms with Crippen LogP contribution in [0.2, 0.25) is 5.02 Å². The van der Waals surface area contributed by atoms with Crippen LogP contribution >= 0.6 is 11.6 Å². The highest BCUT2D eigenvalue weighted by molar-refractivity contribution is 6.30. The smallest absolute Gasteiger partial charge is 0.119 e. The van der Waals surface area contributed by atoms with Crippen LogP contribution in [0.1, 0.15) is 16.7 Å². The molecule has 0 aliphatic heterocycles. The van der Waals surface area contributed by atoms with Crippen LogP contribution in [0.25, 0.3) is 0 Å². The molecule has 0 bridgehead atoms. The molecule has 1 atom stereocenters. The summed E-state index contributed by atoms with van der Waals surface area (Å²) in [5.41, 5.74) is 1.64. The van der Waals surface area contributed by atoms with E-state index in [2.05, 4.69) is 0 Å². The van der Waals surface area contributed by atoms with Crippen molar-refractivity contribution in [2.24, 2.45) is 0 Å². The molecular formula is C20H17ClO. The molecule has 0 aliphatic rings. The fraction of sp³-hybridized carbons (Fsp3) is 0.100. The lowest BCUT2D eigenvalue weighted by atomic mass is 9.81. The molecule has 0 fully saturated rings. The molecule has 0 aliphatic carbocycles. The van der Waals surface area contributed by atoms with E-state index in [9.17, 15) is 5.11 Å². The van der Waals surface area contributed by atoms with Gasteiger partial charge < -0.3 is 5.11 Å². The Hall–Kier alpha value is -2.09. The van der Waals surface area contributed by atoms with Crippen molar-refractivity contribution in [1.29, 1.82) is 0 Å². The molecule has 0 saturated heterocycles. The van der Waals surface area contributed by atoms with Crippen LogP contribution in [0, 0.1) is 0 Å². The molecule has 0 amide bonds. The van der Waals surface area contributed by atoms with Crippen molar-refractivity contribution in [3.8, 4) is 0 Å². The molecule has 0 aromatic heterocycles. The van der Waals surface area contributed by atoms with Gasteiger partial charge in [-0.1, -0.05) is 84.4 Å². The van der Waals surface area contributed by atoms with Crippen molar-refractivity contribution in [3.05, 3.63) is 107 Å². The molecular weight excluding hydrogens is 292 g/mol. The summed E-state index contributed by atoms with van der Waals surface area (Å²) in [5.74, 6) is 0. The molecule has 22 heavy (non-hydrogen) atoms. The first kappa shape index (κ1) is 14.8. The summed E-state index contributed by atoms with van der Waals surface area (Å²) in [6.07, 6.45) is 0.498. The van der Waals surface area contributed by atoms with Crippen molar-refractivity contribution in [2.45, 2.75) is 12.0 Å². The zero-order valence-electron chi connectivity index (χ0n) is 12.1. The van der Waals surface area contributed by atoms with Crippen molar-refractivity contribution in [2.75, 3.05) is 0 Å². The fourth-order valence-corrected chi connectivity index (χ4v) is 2.91. The molecule has 3 aromatic rings. The molecule has 0 spiro atoms. The van der Waals surface area contributed by atoms with Gasteiger partial charge in [0.05, 0.1) is 0 Å². The predicted octanol–water partition coefficient (Wildman–Crippen LogP) is 4.82. The van der Waals surface area contributed by atoms with Crippen LogP contribution in [0.15, 0.2) is 84.9 Å². The van der Waals surface area contributed by atoms with E-state index in [0.717, 1.165) is 16.7 Å². The molecule has 3 aromatic carbocycles. The van der Waals surface area contributed by atoms with Gasteiger partial charge in [0.15, 0.2) is 0 Å². The third-order valence-corrected chi connectivity index (χ3v) is 4.09. The lowest BCUT2D eigenvalue weighted by molar-refractivity contribution is 0.0811. The lowest BCUT2D eigenvalue weighted by Crippen LogP contribution is -2.30. The first-order valence-corrected chi connectivity index (χ1v) is 7.64. The predicted molar refractivity (Wildman–Crippen MR) is 91.0 cm³/mol. The first-order valence-electron chi connectivity index (χ1n) is 7.26. The second kappa shape index (κ2) is 6.35. The van der Waals surface area contributed by atoms with Gasteiger partial charge in [0.1, 0.15) is 5.60 Å². The van der Waals surface area contributed by atoms with Crippen LogP contribution in [-0.2, 0) is 12.0 Å². The Kier molecular flexibility index (Phi) is 4.28. The maximum Gasteiger partial charge on any atom is 0.119 e. The van der Waals surface area contributed by atoms with E-state index in [4.69, 9.17) is 11.6 Å². The second-order valence-electron chi connectivity index (χ2n) is 5.40. The van der Waals surface area contributed by atoms with Crippen molar-refractivity contribution in [1.82, 2.24) is 0 Å². The largest absolute Gasteiger partial charge is 0.380 e. The van der Waals surface area contributed by atoms with Gasteiger partial charge in [-0.3, -0.25) is 0 Å². The van der Waals surface area contributed by atoms with E-state index in [1.54, 1.807) is 0 Å². The second-order valence-corrected chi connectivity index (χ2v) is 5.84. The van der Waals surface area contributed by atoms with E-state index in [1.165, 1.54) is 0 Å². The van der Waals surface area contributed by atoms with Gasteiger partial charge in [0.2, 0.25) is 0 Å². The van der Waals surface area contributed by atoms with Gasteiger partial charge in [-0.05, 0) is 28.8 Å². The SMILES string of the molecule is OC(Cc1ccccc1)(c1ccccc1)c1cccc(Cl)c1. The summed E-state index contributed by atoms with van der Waals surface area (Å²) in [7, 11) is 0. The minimum absolute atomic E-state index is 0.498. The summed E-state index contributed by atoms with van der Waals surface area (Å²) in [6, 6.07) is 27.2. The fourth-order valence-electron chi connectivity index (χ4n) is 2.72. The van der Waals surface area contributed by atoms with E-state index < -0.39 is 5.60 Å². The molecule has 1 unspecified atom stereocenters. The Bertz CT molecular complexity index is 740. The van der Waals surface area contributed by atoms with Crippen LogP contribution in [0.4, 0.5) is 0 Å². The Labute approximate surface area is 135 Å².